The molecule has 144 valence electrons. The predicted molar refractivity (Wildman–Crippen MR) is 102 cm³/mol. The molecule has 2 bridgehead atoms. The number of hydrogen-bond acceptors (Lipinski definition) is 4. The molecule has 6 heteroatoms. The largest absolute Gasteiger partial charge is 0.467 e. The fraction of sp³-hybridized carbons (Fsp3) is 0.409. The Kier molecular flexibility index (Phi) is 4.07. The van der Waals surface area contributed by atoms with Crippen molar-refractivity contribution in [3.8, 4) is 5.75 Å². The number of hydrogen-bond donors (Lipinski definition) is 2. The van der Waals surface area contributed by atoms with Gasteiger partial charge in [-0.05, 0) is 49.4 Å². The highest BCUT2D eigenvalue weighted by atomic mass is 16.5. The van der Waals surface area contributed by atoms with Crippen LogP contribution in [0.3, 0.4) is 0 Å². The topological polar surface area (TPSA) is 80.3 Å². The van der Waals surface area contributed by atoms with E-state index < -0.39 is 5.72 Å². The van der Waals surface area contributed by atoms with Gasteiger partial charge in [0.25, 0.3) is 5.91 Å². The van der Waals surface area contributed by atoms with E-state index >= 15 is 0 Å². The van der Waals surface area contributed by atoms with Gasteiger partial charge in [0.2, 0.25) is 5.91 Å². The summed E-state index contributed by atoms with van der Waals surface area (Å²) in [5, 5.41) is 6.17. The van der Waals surface area contributed by atoms with Crippen LogP contribution in [0.4, 0.5) is 0 Å². The van der Waals surface area contributed by atoms with Gasteiger partial charge in [-0.2, -0.15) is 0 Å². The number of rotatable bonds is 3. The summed E-state index contributed by atoms with van der Waals surface area (Å²) in [6, 6.07) is 13.1. The van der Waals surface area contributed by atoms with Crippen molar-refractivity contribution in [3.05, 3.63) is 59.9 Å². The quantitative estimate of drug-likeness (QED) is 0.862. The van der Waals surface area contributed by atoms with Crippen LogP contribution < -0.4 is 15.4 Å². The van der Waals surface area contributed by atoms with Crippen LogP contribution in [0.25, 0.3) is 0 Å². The molecule has 2 amide bonds. The van der Waals surface area contributed by atoms with Gasteiger partial charge in [0, 0.05) is 24.5 Å². The molecule has 0 radical (unpaired) electrons. The highest BCUT2D eigenvalue weighted by Gasteiger charge is 2.57. The average Bonchev–Trinajstić information content (AvgIpc) is 2.73. The molecule has 4 aliphatic rings. The highest BCUT2D eigenvalue weighted by molar-refractivity contribution is 5.98. The lowest BCUT2D eigenvalue weighted by atomic mass is 9.60. The van der Waals surface area contributed by atoms with Gasteiger partial charge in [0.05, 0.1) is 17.8 Å². The Labute approximate surface area is 163 Å². The summed E-state index contributed by atoms with van der Waals surface area (Å²) < 4.78 is 6.35. The van der Waals surface area contributed by atoms with E-state index in [1.165, 1.54) is 0 Å². The minimum atomic E-state index is -0.674. The number of fused-ring (bicyclic) bond motifs is 3. The molecule has 3 aliphatic carbocycles. The second kappa shape index (κ2) is 6.62. The van der Waals surface area contributed by atoms with Gasteiger partial charge in [-0.15, -0.1) is 0 Å². The van der Waals surface area contributed by atoms with E-state index in [1.54, 1.807) is 12.3 Å². The molecule has 1 aromatic carbocycles. The van der Waals surface area contributed by atoms with E-state index in [0.29, 0.717) is 24.3 Å². The second-order valence-corrected chi connectivity index (χ2v) is 8.06. The molecular weight excluding hydrogens is 354 g/mol. The van der Waals surface area contributed by atoms with Crippen molar-refractivity contribution < 1.29 is 14.3 Å². The van der Waals surface area contributed by atoms with Gasteiger partial charge in [-0.3, -0.25) is 14.6 Å². The highest BCUT2D eigenvalue weighted by Crippen LogP contribution is 2.52. The van der Waals surface area contributed by atoms with Gasteiger partial charge >= 0.3 is 0 Å². The van der Waals surface area contributed by atoms with Crippen molar-refractivity contribution in [1.82, 2.24) is 15.6 Å². The molecule has 2 aromatic rings. The van der Waals surface area contributed by atoms with Crippen molar-refractivity contribution in [1.29, 1.82) is 0 Å². The minimum Gasteiger partial charge on any atom is -0.467 e. The molecule has 0 saturated heterocycles. The lowest BCUT2D eigenvalue weighted by Gasteiger charge is -2.55. The monoisotopic (exact) mass is 377 g/mol. The predicted octanol–water partition coefficient (Wildman–Crippen LogP) is 2.65. The van der Waals surface area contributed by atoms with Crippen molar-refractivity contribution in [2.45, 2.75) is 38.0 Å². The molecule has 3 fully saturated rings. The maximum atomic E-state index is 12.8. The van der Waals surface area contributed by atoms with E-state index in [9.17, 15) is 9.59 Å². The molecule has 0 unspecified atom stereocenters. The standard InChI is InChI=1S/C22H23N3O3/c26-20(24-13-16-5-3-4-10-23-16)18-11-15-9-8-14(18)12-22(15)25-21(27)17-6-1-2-7-19(17)28-22/h1-7,10,14-15,18H,8-9,11-13H2,(H,24,26)(H,25,27)/t14-,15+,18-,22+/m1/s1. The molecule has 2 heterocycles. The summed E-state index contributed by atoms with van der Waals surface area (Å²) in [5.41, 5.74) is 0.763. The minimum absolute atomic E-state index is 0.0363. The van der Waals surface area contributed by atoms with Crippen LogP contribution in [0.15, 0.2) is 48.7 Å². The van der Waals surface area contributed by atoms with Crippen LogP contribution >= 0.6 is 0 Å². The summed E-state index contributed by atoms with van der Waals surface area (Å²) in [6.07, 6.45) is 5.11. The fourth-order valence-electron chi connectivity index (χ4n) is 5.09. The molecule has 2 N–H and O–H groups in total. The molecule has 3 saturated carbocycles. The number of amides is 2. The summed E-state index contributed by atoms with van der Waals surface area (Å²) in [4.78, 5) is 29.7. The Morgan fingerprint density at radius 2 is 2.07 bits per heavy atom. The number of carbonyl (C=O) groups excluding carboxylic acids is 2. The van der Waals surface area contributed by atoms with E-state index in [-0.39, 0.29) is 29.6 Å². The number of para-hydroxylation sites is 1. The molecule has 1 aromatic heterocycles. The number of benzene rings is 1. The molecule has 4 atom stereocenters. The SMILES string of the molecule is O=C1N[C@@]2(C[C@H]3CC[C@H]2C[C@H]3C(=O)NCc2ccccn2)Oc2ccccc21. The van der Waals surface area contributed by atoms with E-state index in [4.69, 9.17) is 4.74 Å². The zero-order valence-corrected chi connectivity index (χ0v) is 15.6. The number of nitrogens with one attached hydrogen (secondary N) is 2. The fourth-order valence-corrected chi connectivity index (χ4v) is 5.09. The molecule has 1 aliphatic heterocycles. The number of carbonyl (C=O) groups is 2. The van der Waals surface area contributed by atoms with Crippen LogP contribution in [0, 0.1) is 17.8 Å². The third-order valence-electron chi connectivity index (χ3n) is 6.47. The summed E-state index contributed by atoms with van der Waals surface area (Å²) in [5.74, 6) is 0.962. The molecule has 1 spiro atoms. The lowest BCUT2D eigenvalue weighted by Crippen LogP contribution is -2.66. The van der Waals surface area contributed by atoms with Gasteiger partial charge in [0.1, 0.15) is 5.75 Å². The Hall–Kier alpha value is -2.89. The molecular formula is C22H23N3O3. The maximum Gasteiger partial charge on any atom is 0.258 e. The summed E-state index contributed by atoms with van der Waals surface area (Å²) in [7, 11) is 0. The van der Waals surface area contributed by atoms with Crippen LogP contribution in [0.1, 0.15) is 41.7 Å². The molecule has 28 heavy (non-hydrogen) atoms. The first-order valence-electron chi connectivity index (χ1n) is 9.93. The molecule has 6 nitrogen and oxygen atoms in total. The third kappa shape index (κ3) is 2.84. The van der Waals surface area contributed by atoms with Gasteiger partial charge in [-0.25, -0.2) is 0 Å². The van der Waals surface area contributed by atoms with E-state index in [2.05, 4.69) is 15.6 Å². The van der Waals surface area contributed by atoms with Gasteiger partial charge in [0.15, 0.2) is 5.72 Å². The third-order valence-corrected chi connectivity index (χ3v) is 6.47. The van der Waals surface area contributed by atoms with E-state index in [1.807, 2.05) is 36.4 Å². The first-order chi connectivity index (χ1) is 13.6. The van der Waals surface area contributed by atoms with Crippen LogP contribution in [-0.2, 0) is 11.3 Å². The Morgan fingerprint density at radius 1 is 1.21 bits per heavy atom. The number of pyridine rings is 1. The van der Waals surface area contributed by atoms with Crippen molar-refractivity contribution in [2.75, 3.05) is 0 Å². The number of aromatic nitrogens is 1. The Bertz CT molecular complexity index is 916. The average molecular weight is 377 g/mol. The zero-order chi connectivity index (χ0) is 19.1. The first-order valence-corrected chi connectivity index (χ1v) is 9.93. The number of ether oxygens (including phenoxy) is 1. The van der Waals surface area contributed by atoms with Crippen LogP contribution in [-0.4, -0.2) is 22.5 Å². The van der Waals surface area contributed by atoms with Crippen molar-refractivity contribution in [2.24, 2.45) is 17.8 Å². The van der Waals surface area contributed by atoms with Gasteiger partial charge in [-0.1, -0.05) is 18.2 Å². The van der Waals surface area contributed by atoms with Crippen molar-refractivity contribution in [3.63, 3.8) is 0 Å². The smallest absolute Gasteiger partial charge is 0.258 e. The van der Waals surface area contributed by atoms with Gasteiger partial charge < -0.3 is 15.4 Å². The van der Waals surface area contributed by atoms with Crippen LogP contribution in [0.2, 0.25) is 0 Å². The lowest BCUT2D eigenvalue weighted by molar-refractivity contribution is -0.146. The van der Waals surface area contributed by atoms with Crippen LogP contribution in [0.5, 0.6) is 5.75 Å². The summed E-state index contributed by atoms with van der Waals surface area (Å²) >= 11 is 0. The van der Waals surface area contributed by atoms with Crippen molar-refractivity contribution >= 4 is 11.8 Å². The maximum absolute atomic E-state index is 12.8. The molecule has 6 rings (SSSR count). The first kappa shape index (κ1) is 17.2. The van der Waals surface area contributed by atoms with E-state index in [0.717, 1.165) is 25.0 Å². The zero-order valence-electron chi connectivity index (χ0n) is 15.6. The Morgan fingerprint density at radius 3 is 2.86 bits per heavy atom. The Balaban J connectivity index is 1.30. The number of nitrogens with zero attached hydrogens (tertiary/aromatic N) is 1. The second-order valence-electron chi connectivity index (χ2n) is 8.06. The normalized spacial score (nSPS) is 30.3. The summed E-state index contributed by atoms with van der Waals surface area (Å²) in [6.45, 7) is 0.444.